The minimum atomic E-state index is -3.67. The summed E-state index contributed by atoms with van der Waals surface area (Å²) in [6.45, 7) is 0.888. The summed E-state index contributed by atoms with van der Waals surface area (Å²) in [6, 6.07) is 11.2. The first-order valence-corrected chi connectivity index (χ1v) is 10.8. The summed E-state index contributed by atoms with van der Waals surface area (Å²) in [5.41, 5.74) is 0.447. The maximum Gasteiger partial charge on any atom is 0.265 e. The normalized spacial score (nSPS) is 26.1. The highest BCUT2D eigenvalue weighted by Crippen LogP contribution is 2.31. The van der Waals surface area contributed by atoms with Crippen molar-refractivity contribution < 1.29 is 32.4 Å². The minimum Gasteiger partial charge on any atom is -0.468 e. The molecule has 1 fully saturated rings. The summed E-state index contributed by atoms with van der Waals surface area (Å²) in [5, 5.41) is 2.09. The molecule has 0 radical (unpaired) electrons. The quantitative estimate of drug-likeness (QED) is 0.480. The first kappa shape index (κ1) is 14.6. The number of carbonyl (C=O) groups excluding carboxylic acids is 2. The first-order valence-electron chi connectivity index (χ1n) is 15.8. The number of nitrogens with one attached hydrogen (secondary N) is 1. The zero-order chi connectivity index (χ0) is 33.6. The molecule has 2 aromatic carbocycles. The van der Waals surface area contributed by atoms with Gasteiger partial charge >= 0.3 is 0 Å². The van der Waals surface area contributed by atoms with Gasteiger partial charge in [0.15, 0.2) is 6.61 Å². The zero-order valence-electron chi connectivity index (χ0n) is 28.8. The molecule has 1 unspecified atom stereocenters. The third kappa shape index (κ3) is 6.23. The number of carbonyl (C=O) groups is 2. The van der Waals surface area contributed by atoms with E-state index < -0.39 is 68.2 Å². The summed E-state index contributed by atoms with van der Waals surface area (Å²) in [5.74, 6) is -2.88. The largest absolute Gasteiger partial charge is 0.468 e. The van der Waals surface area contributed by atoms with Crippen molar-refractivity contribution in [2.45, 2.75) is 50.9 Å². The lowest BCUT2D eigenvalue weighted by Crippen LogP contribution is -2.48. The van der Waals surface area contributed by atoms with E-state index in [-0.39, 0.29) is 17.1 Å². The second kappa shape index (κ2) is 11.6. The van der Waals surface area contributed by atoms with Crippen molar-refractivity contribution in [1.29, 1.82) is 0 Å². The van der Waals surface area contributed by atoms with Crippen LogP contribution in [0.15, 0.2) is 72.9 Å². The average Bonchev–Trinajstić information content (AvgIpc) is 2.97. The van der Waals surface area contributed by atoms with E-state index in [1.807, 2.05) is 0 Å². The molecule has 1 aliphatic carbocycles. The van der Waals surface area contributed by atoms with Gasteiger partial charge in [-0.1, -0.05) is 55.5 Å². The second-order valence-corrected chi connectivity index (χ2v) is 7.56. The van der Waals surface area contributed by atoms with Crippen LogP contribution in [-0.2, 0) is 9.59 Å². The molecule has 1 atom stereocenters. The Kier molecular flexibility index (Phi) is 4.84. The lowest BCUT2D eigenvalue weighted by atomic mass is 9.93. The molecule has 35 heavy (non-hydrogen) atoms. The average molecular weight is 486 g/mol. The molecule has 1 heterocycles. The highest BCUT2D eigenvalue weighted by atomic mass is 19.1. The maximum absolute atomic E-state index is 14.5. The van der Waals surface area contributed by atoms with E-state index in [0.29, 0.717) is 5.56 Å². The van der Waals surface area contributed by atoms with Gasteiger partial charge in [0.25, 0.3) is 5.91 Å². The molecular formula is C28H30FN3O3. The highest BCUT2D eigenvalue weighted by Gasteiger charge is 2.35. The molecule has 6 nitrogen and oxygen atoms in total. The Morgan fingerprint density at radius 3 is 2.60 bits per heavy atom. The van der Waals surface area contributed by atoms with Crippen LogP contribution in [0, 0.1) is 12.7 Å². The van der Waals surface area contributed by atoms with Gasteiger partial charge in [-0.05, 0) is 55.1 Å². The molecule has 1 N–H and O–H groups in total. The number of aromatic nitrogens is 1. The van der Waals surface area contributed by atoms with E-state index in [1.165, 1.54) is 36.5 Å². The van der Waals surface area contributed by atoms with Crippen molar-refractivity contribution in [1.82, 2.24) is 10.3 Å². The van der Waals surface area contributed by atoms with Crippen LogP contribution in [0.5, 0.6) is 5.88 Å². The molecule has 0 spiro atoms. The summed E-state index contributed by atoms with van der Waals surface area (Å²) in [6.07, 6.45) is -16.5. The molecular weight excluding hydrogens is 445 g/mol. The van der Waals surface area contributed by atoms with E-state index in [1.54, 1.807) is 31.2 Å². The second-order valence-electron chi connectivity index (χ2n) is 7.56. The van der Waals surface area contributed by atoms with E-state index >= 15 is 0 Å². The molecule has 4 rings (SSSR count). The van der Waals surface area contributed by atoms with Gasteiger partial charge in [0.05, 0.1) is 0 Å². The number of aryl methyl sites for hydroxylation is 1. The van der Waals surface area contributed by atoms with Crippen molar-refractivity contribution in [2.24, 2.45) is 0 Å². The number of amides is 2. The Morgan fingerprint density at radius 1 is 1.11 bits per heavy atom. The third-order valence-corrected chi connectivity index (χ3v) is 5.17. The molecule has 0 saturated heterocycles. The fourth-order valence-electron chi connectivity index (χ4n) is 3.57. The van der Waals surface area contributed by atoms with Crippen molar-refractivity contribution >= 4 is 17.5 Å². The van der Waals surface area contributed by atoms with E-state index in [0.717, 1.165) is 17.0 Å². The number of ether oxygens (including phenoxy) is 1. The van der Waals surface area contributed by atoms with Crippen LogP contribution in [0.1, 0.15) is 62.7 Å². The maximum atomic E-state index is 14.5. The van der Waals surface area contributed by atoms with Crippen LogP contribution >= 0.6 is 0 Å². The number of benzene rings is 2. The summed E-state index contributed by atoms with van der Waals surface area (Å²) in [4.78, 5) is 33.0. The molecule has 0 bridgehead atoms. The van der Waals surface area contributed by atoms with Gasteiger partial charge in [-0.15, -0.1) is 0 Å². The molecule has 182 valence electrons. The molecule has 7 heteroatoms. The predicted molar refractivity (Wildman–Crippen MR) is 133 cm³/mol. The number of anilines is 1. The Morgan fingerprint density at radius 2 is 1.89 bits per heavy atom. The standard InChI is InChI=1S/C28H30FN3O3/c1-20-10-5-6-15-24(20)27(28(34)31-22-12-3-2-4-13-22)32(23-14-9-11-21(29)18-23)26(33)19-35-25-16-7-8-17-30-25/h5-11,14-18,22,27H,2-4,12-13,19H2,1H3,(H,31,34)/i2D2,3D2,4D2,12D2,13D2. The van der Waals surface area contributed by atoms with Crippen molar-refractivity contribution in [3.63, 3.8) is 0 Å². The van der Waals surface area contributed by atoms with Gasteiger partial charge in [0.1, 0.15) is 11.9 Å². The number of halogens is 1. The molecule has 1 aromatic heterocycles. The van der Waals surface area contributed by atoms with E-state index in [4.69, 9.17) is 18.4 Å². The zero-order valence-corrected chi connectivity index (χ0v) is 18.8. The minimum absolute atomic E-state index is 0.0595. The fraction of sp³-hybridized carbons (Fsp3) is 0.321. The summed E-state index contributed by atoms with van der Waals surface area (Å²) in [7, 11) is 0. The summed E-state index contributed by atoms with van der Waals surface area (Å²) >= 11 is 0. The predicted octanol–water partition coefficient (Wildman–Crippen LogP) is 5.13. The Balaban J connectivity index is 1.86. The smallest absolute Gasteiger partial charge is 0.265 e. The van der Waals surface area contributed by atoms with Crippen LogP contribution in [0.2, 0.25) is 0 Å². The number of hydrogen-bond acceptors (Lipinski definition) is 4. The van der Waals surface area contributed by atoms with E-state index in [2.05, 4.69) is 10.3 Å². The SMILES string of the molecule is [2H]C1([2H])C(NC(=O)C(c2ccccc2C)N(C(=O)COc2ccccn2)c2cccc(F)c2)C([2H])([2H])C([2H])([2H])C([2H])([2H])C1([2H])[2H]. The number of rotatable bonds is 8. The van der Waals surface area contributed by atoms with Crippen LogP contribution in [0.25, 0.3) is 0 Å². The van der Waals surface area contributed by atoms with Gasteiger partial charge in [-0.25, -0.2) is 9.37 Å². The third-order valence-electron chi connectivity index (χ3n) is 5.17. The van der Waals surface area contributed by atoms with Gasteiger partial charge in [-0.2, -0.15) is 0 Å². The molecule has 1 aliphatic rings. The fourth-order valence-corrected chi connectivity index (χ4v) is 3.57. The topological polar surface area (TPSA) is 71.5 Å². The Hall–Kier alpha value is -3.74. The van der Waals surface area contributed by atoms with Gasteiger partial charge in [-0.3, -0.25) is 14.5 Å². The lowest BCUT2D eigenvalue weighted by molar-refractivity contribution is -0.128. The van der Waals surface area contributed by atoms with Gasteiger partial charge in [0, 0.05) is 37.7 Å². The van der Waals surface area contributed by atoms with Crippen LogP contribution in [-0.4, -0.2) is 29.4 Å². The monoisotopic (exact) mass is 485 g/mol. The molecule has 2 amide bonds. The Labute approximate surface area is 219 Å². The molecule has 1 saturated carbocycles. The first-order chi connectivity index (χ1) is 20.8. The van der Waals surface area contributed by atoms with Crippen molar-refractivity contribution in [3.05, 3.63) is 89.9 Å². The van der Waals surface area contributed by atoms with Gasteiger partial charge in [0.2, 0.25) is 11.8 Å². The van der Waals surface area contributed by atoms with E-state index in [9.17, 15) is 14.0 Å². The van der Waals surface area contributed by atoms with Crippen LogP contribution in [0.3, 0.4) is 0 Å². The number of nitrogens with zero attached hydrogens (tertiary/aromatic N) is 2. The Bertz CT molecular complexity index is 1550. The van der Waals surface area contributed by atoms with Crippen molar-refractivity contribution in [3.8, 4) is 5.88 Å². The number of hydrogen-bond donors (Lipinski definition) is 1. The van der Waals surface area contributed by atoms with Gasteiger partial charge < -0.3 is 10.1 Å². The molecule has 3 aromatic rings. The van der Waals surface area contributed by atoms with Crippen molar-refractivity contribution in [2.75, 3.05) is 11.5 Å². The highest BCUT2D eigenvalue weighted by molar-refractivity contribution is 6.02. The van der Waals surface area contributed by atoms with Crippen LogP contribution in [0.4, 0.5) is 10.1 Å². The number of pyridine rings is 1. The lowest BCUT2D eigenvalue weighted by Gasteiger charge is -2.34. The summed E-state index contributed by atoms with van der Waals surface area (Å²) < 4.78 is 103. The molecule has 0 aliphatic heterocycles. The van der Waals surface area contributed by atoms with Crippen LogP contribution < -0.4 is 15.0 Å².